The number of hydrogen-bond acceptors (Lipinski definition) is 6. The Bertz CT molecular complexity index is 924. The van der Waals surface area contributed by atoms with Crippen molar-refractivity contribution in [1.29, 1.82) is 5.26 Å². The quantitative estimate of drug-likeness (QED) is 0.566. The average Bonchev–Trinajstić information content (AvgIpc) is 3.09. The van der Waals surface area contributed by atoms with Crippen molar-refractivity contribution in [2.45, 2.75) is 39.7 Å². The van der Waals surface area contributed by atoms with E-state index >= 15 is 0 Å². The Balaban J connectivity index is 1.38. The molecule has 8 nitrogen and oxygen atoms in total. The van der Waals surface area contributed by atoms with Crippen LogP contribution in [0.3, 0.4) is 0 Å². The number of nitriles is 1. The number of aromatic nitrogens is 2. The van der Waals surface area contributed by atoms with Crippen molar-refractivity contribution in [2.24, 2.45) is 0 Å². The number of carbonyl (C=O) groups excluding carboxylic acids is 1. The molecule has 1 saturated heterocycles. The first-order valence-electron chi connectivity index (χ1n) is 11.2. The summed E-state index contributed by atoms with van der Waals surface area (Å²) in [4.78, 5) is 17.0. The molecule has 2 heterocycles. The van der Waals surface area contributed by atoms with Crippen LogP contribution in [0, 0.1) is 25.2 Å². The van der Waals surface area contributed by atoms with E-state index in [9.17, 15) is 4.79 Å². The number of nitrogens with zero attached hydrogens (tertiary/aromatic N) is 5. The third-order valence-corrected chi connectivity index (χ3v) is 6.02. The Labute approximate surface area is 190 Å². The molecule has 0 bridgehead atoms. The van der Waals surface area contributed by atoms with Gasteiger partial charge in [0.2, 0.25) is 5.91 Å². The summed E-state index contributed by atoms with van der Waals surface area (Å²) in [5.41, 5.74) is 3.15. The van der Waals surface area contributed by atoms with Crippen LogP contribution in [0.1, 0.15) is 29.8 Å². The van der Waals surface area contributed by atoms with Gasteiger partial charge in [-0.3, -0.25) is 14.4 Å². The van der Waals surface area contributed by atoms with Gasteiger partial charge in [-0.2, -0.15) is 10.4 Å². The molecule has 1 aromatic heterocycles. The van der Waals surface area contributed by atoms with Gasteiger partial charge < -0.3 is 14.4 Å². The molecule has 1 fully saturated rings. The molecule has 0 spiro atoms. The maximum absolute atomic E-state index is 12.7. The monoisotopic (exact) mass is 439 g/mol. The molecule has 0 atom stereocenters. The van der Waals surface area contributed by atoms with Crippen LogP contribution in [0.5, 0.6) is 11.5 Å². The average molecular weight is 440 g/mol. The number of ether oxygens (including phenoxy) is 2. The number of rotatable bonds is 10. The highest BCUT2D eigenvalue weighted by molar-refractivity contribution is 5.76. The number of methoxy groups -OCH3 is 1. The largest absolute Gasteiger partial charge is 0.497 e. The van der Waals surface area contributed by atoms with E-state index in [4.69, 9.17) is 14.7 Å². The van der Waals surface area contributed by atoms with Gasteiger partial charge in [0.05, 0.1) is 31.8 Å². The van der Waals surface area contributed by atoms with Crippen LogP contribution < -0.4 is 9.47 Å². The Hall–Kier alpha value is -3.05. The summed E-state index contributed by atoms with van der Waals surface area (Å²) in [5.74, 6) is 1.85. The fourth-order valence-electron chi connectivity index (χ4n) is 4.04. The second-order valence-electron chi connectivity index (χ2n) is 8.03. The van der Waals surface area contributed by atoms with Crippen LogP contribution in [-0.2, 0) is 17.8 Å². The van der Waals surface area contributed by atoms with Gasteiger partial charge in [0.25, 0.3) is 0 Å². The molecular weight excluding hydrogens is 406 g/mol. The third-order valence-electron chi connectivity index (χ3n) is 6.02. The number of aryl methyl sites for hydroxylation is 2. The maximum Gasteiger partial charge on any atom is 0.222 e. The fourth-order valence-corrected chi connectivity index (χ4v) is 4.04. The second kappa shape index (κ2) is 11.5. The molecule has 3 rings (SSSR count). The molecular formula is C24H33N5O3. The smallest absolute Gasteiger partial charge is 0.222 e. The standard InChI is InChI=1S/C24H33N5O3/c1-19-23(20(2)29(26-19)12-4-11-25)9-10-24(30)28-15-13-27(14-16-28)17-18-32-22-7-5-21(31-3)6-8-22/h5-8H,4,9-10,12-18H2,1-3H3. The third kappa shape index (κ3) is 6.24. The van der Waals surface area contributed by atoms with E-state index in [1.807, 2.05) is 47.7 Å². The minimum atomic E-state index is 0.197. The lowest BCUT2D eigenvalue weighted by atomic mass is 10.1. The highest BCUT2D eigenvalue weighted by atomic mass is 16.5. The Morgan fingerprint density at radius 2 is 1.78 bits per heavy atom. The Morgan fingerprint density at radius 1 is 1.09 bits per heavy atom. The van der Waals surface area contributed by atoms with Crippen LogP contribution in [-0.4, -0.2) is 71.9 Å². The molecule has 0 radical (unpaired) electrons. The zero-order valence-electron chi connectivity index (χ0n) is 19.3. The number of amides is 1. The first-order valence-corrected chi connectivity index (χ1v) is 11.2. The van der Waals surface area contributed by atoms with Crippen molar-refractivity contribution in [3.8, 4) is 17.6 Å². The number of benzene rings is 1. The number of piperazine rings is 1. The van der Waals surface area contributed by atoms with Crippen molar-refractivity contribution >= 4 is 5.91 Å². The molecule has 1 amide bonds. The first kappa shape index (κ1) is 23.6. The van der Waals surface area contributed by atoms with Crippen molar-refractivity contribution in [3.05, 3.63) is 41.2 Å². The Kier molecular flexibility index (Phi) is 8.51. The zero-order chi connectivity index (χ0) is 22.9. The van der Waals surface area contributed by atoms with Crippen molar-refractivity contribution in [1.82, 2.24) is 19.6 Å². The predicted molar refractivity (Wildman–Crippen MR) is 122 cm³/mol. The summed E-state index contributed by atoms with van der Waals surface area (Å²) >= 11 is 0. The molecule has 8 heteroatoms. The van der Waals surface area contributed by atoms with Gasteiger partial charge in [-0.25, -0.2) is 0 Å². The first-order chi connectivity index (χ1) is 15.5. The van der Waals surface area contributed by atoms with Gasteiger partial charge in [-0.1, -0.05) is 0 Å². The van der Waals surface area contributed by atoms with E-state index in [0.29, 0.717) is 32.4 Å². The van der Waals surface area contributed by atoms with Crippen LogP contribution in [0.15, 0.2) is 24.3 Å². The molecule has 2 aromatic rings. The highest BCUT2D eigenvalue weighted by Crippen LogP contribution is 2.18. The topological polar surface area (TPSA) is 83.6 Å². The van der Waals surface area contributed by atoms with E-state index in [2.05, 4.69) is 16.1 Å². The SMILES string of the molecule is COc1ccc(OCCN2CCN(C(=O)CCc3c(C)nn(CCC#N)c3C)CC2)cc1. The van der Waals surface area contributed by atoms with Gasteiger partial charge in [0.15, 0.2) is 0 Å². The summed E-state index contributed by atoms with van der Waals surface area (Å²) in [6.07, 6.45) is 1.63. The fraction of sp³-hybridized carbons (Fsp3) is 0.542. The maximum atomic E-state index is 12.7. The van der Waals surface area contributed by atoms with Gasteiger partial charge >= 0.3 is 0 Å². The lowest BCUT2D eigenvalue weighted by Gasteiger charge is -2.34. The van der Waals surface area contributed by atoms with Crippen LogP contribution in [0.4, 0.5) is 0 Å². The molecule has 1 aliphatic rings. The van der Waals surface area contributed by atoms with Crippen molar-refractivity contribution < 1.29 is 14.3 Å². The number of carbonyl (C=O) groups is 1. The number of hydrogen-bond donors (Lipinski definition) is 0. The van der Waals surface area contributed by atoms with E-state index in [1.54, 1.807) is 7.11 Å². The van der Waals surface area contributed by atoms with Gasteiger partial charge in [-0.05, 0) is 50.1 Å². The van der Waals surface area contributed by atoms with Crippen molar-refractivity contribution in [2.75, 3.05) is 46.4 Å². The lowest BCUT2D eigenvalue weighted by Crippen LogP contribution is -2.49. The van der Waals surface area contributed by atoms with Crippen molar-refractivity contribution in [3.63, 3.8) is 0 Å². The predicted octanol–water partition coefficient (Wildman–Crippen LogP) is 2.58. The summed E-state index contributed by atoms with van der Waals surface area (Å²) < 4.78 is 12.9. The molecule has 0 N–H and O–H groups in total. The molecule has 1 aromatic carbocycles. The summed E-state index contributed by atoms with van der Waals surface area (Å²) in [6.45, 7) is 9.28. The summed E-state index contributed by atoms with van der Waals surface area (Å²) in [7, 11) is 1.65. The summed E-state index contributed by atoms with van der Waals surface area (Å²) in [5, 5.41) is 13.3. The zero-order valence-corrected chi connectivity index (χ0v) is 19.3. The molecule has 1 aliphatic heterocycles. The second-order valence-corrected chi connectivity index (χ2v) is 8.03. The summed E-state index contributed by atoms with van der Waals surface area (Å²) in [6, 6.07) is 9.75. The van der Waals surface area contributed by atoms with Crippen LogP contribution >= 0.6 is 0 Å². The highest BCUT2D eigenvalue weighted by Gasteiger charge is 2.22. The van der Waals surface area contributed by atoms with Gasteiger partial charge in [-0.15, -0.1) is 0 Å². The minimum absolute atomic E-state index is 0.197. The van der Waals surface area contributed by atoms with Gasteiger partial charge in [0, 0.05) is 44.8 Å². The van der Waals surface area contributed by atoms with E-state index in [0.717, 1.165) is 61.2 Å². The van der Waals surface area contributed by atoms with Crippen LogP contribution in [0.2, 0.25) is 0 Å². The van der Waals surface area contributed by atoms with E-state index < -0.39 is 0 Å². The molecule has 32 heavy (non-hydrogen) atoms. The molecule has 0 aliphatic carbocycles. The lowest BCUT2D eigenvalue weighted by molar-refractivity contribution is -0.132. The molecule has 172 valence electrons. The minimum Gasteiger partial charge on any atom is -0.497 e. The van der Waals surface area contributed by atoms with Crippen LogP contribution in [0.25, 0.3) is 0 Å². The van der Waals surface area contributed by atoms with E-state index in [-0.39, 0.29) is 5.91 Å². The normalized spacial score (nSPS) is 14.2. The van der Waals surface area contributed by atoms with Gasteiger partial charge in [0.1, 0.15) is 18.1 Å². The Morgan fingerprint density at radius 3 is 2.44 bits per heavy atom. The molecule has 0 unspecified atom stereocenters. The molecule has 0 saturated carbocycles. The van der Waals surface area contributed by atoms with E-state index in [1.165, 1.54) is 0 Å².